The van der Waals surface area contributed by atoms with E-state index in [9.17, 15) is 9.59 Å². The molecule has 0 unspecified atom stereocenters. The lowest BCUT2D eigenvalue weighted by atomic mass is 9.90. The van der Waals surface area contributed by atoms with Crippen LogP contribution in [-0.4, -0.2) is 41.2 Å². The number of anilines is 2. The van der Waals surface area contributed by atoms with Gasteiger partial charge in [-0.3, -0.25) is 4.79 Å². The highest BCUT2D eigenvalue weighted by Crippen LogP contribution is 2.44. The molecule has 0 radical (unpaired) electrons. The Bertz CT molecular complexity index is 1010. The van der Waals surface area contributed by atoms with E-state index in [0.29, 0.717) is 29.0 Å². The minimum Gasteiger partial charge on any atom is -0.444 e. The molecule has 3 rings (SSSR count). The summed E-state index contributed by atoms with van der Waals surface area (Å²) >= 11 is 14.1. The summed E-state index contributed by atoms with van der Waals surface area (Å²) in [6.45, 7) is 10.4. The van der Waals surface area contributed by atoms with Crippen molar-refractivity contribution in [2.45, 2.75) is 58.6 Å². The molecule has 1 aromatic carbocycles. The van der Waals surface area contributed by atoms with Gasteiger partial charge in [-0.2, -0.15) is 0 Å². The van der Waals surface area contributed by atoms with Gasteiger partial charge in [-0.1, -0.05) is 46.7 Å². The maximum Gasteiger partial charge on any atom is 0.408 e. The van der Waals surface area contributed by atoms with Crippen LogP contribution in [0.2, 0.25) is 10.0 Å². The van der Waals surface area contributed by atoms with Crippen molar-refractivity contribution in [2.24, 2.45) is 0 Å². The number of amides is 2. The van der Waals surface area contributed by atoms with Gasteiger partial charge in [0.15, 0.2) is 10.9 Å². The van der Waals surface area contributed by atoms with E-state index in [-0.39, 0.29) is 11.4 Å². The number of piperidine rings is 1. The average Bonchev–Trinajstić information content (AvgIpc) is 3.05. The fourth-order valence-corrected chi connectivity index (χ4v) is 4.98. The Morgan fingerprint density at radius 1 is 1.22 bits per heavy atom. The van der Waals surface area contributed by atoms with Crippen LogP contribution in [-0.2, 0) is 9.53 Å². The number of thiazole rings is 1. The van der Waals surface area contributed by atoms with Crippen LogP contribution in [0.4, 0.5) is 15.7 Å². The zero-order valence-corrected chi connectivity index (χ0v) is 21.2. The average molecular weight is 499 g/mol. The van der Waals surface area contributed by atoms with E-state index in [2.05, 4.69) is 20.5 Å². The Morgan fingerprint density at radius 3 is 2.47 bits per heavy atom. The zero-order valence-electron chi connectivity index (χ0n) is 18.8. The molecule has 2 aromatic rings. The molecule has 2 heterocycles. The smallest absolute Gasteiger partial charge is 0.408 e. The summed E-state index contributed by atoms with van der Waals surface area (Å²) < 4.78 is 5.41. The third-order valence-electron chi connectivity index (χ3n) is 5.05. The van der Waals surface area contributed by atoms with E-state index in [1.165, 1.54) is 18.3 Å². The number of aromatic nitrogens is 1. The molecule has 10 heteroatoms. The van der Waals surface area contributed by atoms with Crippen LogP contribution in [0.25, 0.3) is 10.4 Å². The van der Waals surface area contributed by atoms with Crippen molar-refractivity contribution < 1.29 is 14.3 Å². The number of hydrogen-bond donors (Lipinski definition) is 2. The van der Waals surface area contributed by atoms with Gasteiger partial charge in [0.1, 0.15) is 5.60 Å². The first-order valence-corrected chi connectivity index (χ1v) is 11.9. The summed E-state index contributed by atoms with van der Waals surface area (Å²) in [6.07, 6.45) is 1.05. The highest BCUT2D eigenvalue weighted by atomic mass is 35.5. The normalized spacial score (nSPS) is 15.9. The van der Waals surface area contributed by atoms with E-state index < -0.39 is 11.7 Å². The number of halogens is 2. The SMILES string of the molecule is CC(=O)Nc1nc(N2CCC(C)(NC(=O)OC(C)(C)C)CC2)sc1-c1cccc(Cl)c1Cl. The summed E-state index contributed by atoms with van der Waals surface area (Å²) in [5, 5.41) is 7.45. The molecule has 32 heavy (non-hydrogen) atoms. The Kier molecular flexibility index (Phi) is 7.27. The summed E-state index contributed by atoms with van der Waals surface area (Å²) in [6, 6.07) is 5.39. The molecule has 1 saturated heterocycles. The summed E-state index contributed by atoms with van der Waals surface area (Å²) in [5.41, 5.74) is -0.185. The van der Waals surface area contributed by atoms with Gasteiger partial charge >= 0.3 is 6.09 Å². The summed E-state index contributed by atoms with van der Waals surface area (Å²) in [4.78, 5) is 31.6. The van der Waals surface area contributed by atoms with Crippen LogP contribution in [0, 0.1) is 0 Å². The van der Waals surface area contributed by atoms with E-state index in [4.69, 9.17) is 27.9 Å². The second kappa shape index (κ2) is 9.45. The lowest BCUT2D eigenvalue weighted by molar-refractivity contribution is -0.114. The maximum absolute atomic E-state index is 12.2. The van der Waals surface area contributed by atoms with Gasteiger partial charge < -0.3 is 20.3 Å². The lowest BCUT2D eigenvalue weighted by Gasteiger charge is -2.40. The number of carbonyl (C=O) groups excluding carboxylic acids is 2. The maximum atomic E-state index is 12.2. The molecule has 0 spiro atoms. The quantitative estimate of drug-likeness (QED) is 0.543. The molecule has 2 amide bonds. The first kappa shape index (κ1) is 24.6. The van der Waals surface area contributed by atoms with Crippen molar-refractivity contribution in [3.8, 4) is 10.4 Å². The van der Waals surface area contributed by atoms with Gasteiger partial charge in [0, 0.05) is 31.1 Å². The van der Waals surface area contributed by atoms with Crippen LogP contribution in [0.3, 0.4) is 0 Å². The monoisotopic (exact) mass is 498 g/mol. The molecular formula is C22H28Cl2N4O3S. The number of benzene rings is 1. The van der Waals surface area contributed by atoms with Crippen molar-refractivity contribution in [2.75, 3.05) is 23.3 Å². The fourth-order valence-electron chi connectivity index (χ4n) is 3.42. The first-order chi connectivity index (χ1) is 14.9. The molecule has 2 N–H and O–H groups in total. The Hall–Kier alpha value is -2.03. The van der Waals surface area contributed by atoms with Crippen LogP contribution in [0.1, 0.15) is 47.5 Å². The van der Waals surface area contributed by atoms with E-state index >= 15 is 0 Å². The number of ether oxygens (including phenoxy) is 1. The molecule has 0 atom stereocenters. The van der Waals surface area contributed by atoms with Crippen molar-refractivity contribution in [1.82, 2.24) is 10.3 Å². The molecular weight excluding hydrogens is 471 g/mol. The van der Waals surface area contributed by atoms with Crippen LogP contribution in [0.5, 0.6) is 0 Å². The minimum absolute atomic E-state index is 0.214. The van der Waals surface area contributed by atoms with E-state index in [0.717, 1.165) is 28.4 Å². The molecule has 0 saturated carbocycles. The molecule has 174 valence electrons. The van der Waals surface area contributed by atoms with Crippen LogP contribution >= 0.6 is 34.5 Å². The third-order valence-corrected chi connectivity index (χ3v) is 7.02. The van der Waals surface area contributed by atoms with E-state index in [1.54, 1.807) is 6.07 Å². The number of nitrogens with zero attached hydrogens (tertiary/aromatic N) is 2. The second-order valence-electron chi connectivity index (χ2n) is 9.13. The number of alkyl carbamates (subject to hydrolysis) is 1. The predicted octanol–water partition coefficient (Wildman–Crippen LogP) is 5.96. The number of hydrogen-bond acceptors (Lipinski definition) is 6. The van der Waals surface area contributed by atoms with Crippen LogP contribution < -0.4 is 15.5 Å². The Morgan fingerprint density at radius 2 is 1.88 bits per heavy atom. The van der Waals surface area contributed by atoms with Gasteiger partial charge in [-0.15, -0.1) is 0 Å². The van der Waals surface area contributed by atoms with Gasteiger partial charge in [0.2, 0.25) is 5.91 Å². The molecule has 7 nitrogen and oxygen atoms in total. The third kappa shape index (κ3) is 6.05. The topological polar surface area (TPSA) is 83.6 Å². The summed E-state index contributed by atoms with van der Waals surface area (Å²) in [7, 11) is 0. The molecule has 0 bridgehead atoms. The highest BCUT2D eigenvalue weighted by molar-refractivity contribution is 7.19. The number of rotatable bonds is 4. The molecule has 1 aliphatic rings. The predicted molar refractivity (Wildman–Crippen MR) is 131 cm³/mol. The van der Waals surface area contributed by atoms with Gasteiger partial charge in [0.25, 0.3) is 0 Å². The Balaban J connectivity index is 1.78. The summed E-state index contributed by atoms with van der Waals surface area (Å²) in [5.74, 6) is 0.246. The standard InChI is InChI=1S/C22H28Cl2N4O3S/c1-13(29)25-18-17(14-7-6-8-15(23)16(14)24)32-19(26-18)28-11-9-22(5,10-12-28)27-20(30)31-21(2,3)4/h6-8H,9-12H2,1-5H3,(H,25,29)(H,27,30). The van der Waals surface area contributed by atoms with Crippen molar-refractivity contribution >= 4 is 57.5 Å². The minimum atomic E-state index is -0.542. The lowest BCUT2D eigenvalue weighted by Crippen LogP contribution is -2.54. The van der Waals surface area contributed by atoms with Crippen molar-refractivity contribution in [1.29, 1.82) is 0 Å². The van der Waals surface area contributed by atoms with E-state index in [1.807, 2.05) is 39.8 Å². The van der Waals surface area contributed by atoms with Crippen molar-refractivity contribution in [3.63, 3.8) is 0 Å². The highest BCUT2D eigenvalue weighted by Gasteiger charge is 2.34. The number of nitrogens with one attached hydrogen (secondary N) is 2. The fraction of sp³-hybridized carbons (Fsp3) is 0.500. The molecule has 1 aliphatic heterocycles. The zero-order chi connectivity index (χ0) is 23.7. The van der Waals surface area contributed by atoms with Crippen molar-refractivity contribution in [3.05, 3.63) is 28.2 Å². The van der Waals surface area contributed by atoms with Gasteiger partial charge in [-0.05, 0) is 46.6 Å². The number of carbonyl (C=O) groups is 2. The Labute approximate surface area is 202 Å². The molecule has 1 fully saturated rings. The molecule has 0 aliphatic carbocycles. The van der Waals surface area contributed by atoms with Gasteiger partial charge in [0.05, 0.1) is 14.9 Å². The van der Waals surface area contributed by atoms with Crippen LogP contribution in [0.15, 0.2) is 18.2 Å². The largest absolute Gasteiger partial charge is 0.444 e. The second-order valence-corrected chi connectivity index (χ2v) is 10.9. The first-order valence-electron chi connectivity index (χ1n) is 10.4. The van der Waals surface area contributed by atoms with Gasteiger partial charge in [-0.25, -0.2) is 9.78 Å². The molecule has 1 aromatic heterocycles.